The molecule has 1 amide bonds. The maximum Gasteiger partial charge on any atom is 0.257 e. The quantitative estimate of drug-likeness (QED) is 0.432. The molecule has 4 aromatic rings. The van der Waals surface area contributed by atoms with Gasteiger partial charge in [-0.15, -0.1) is 0 Å². The Morgan fingerprint density at radius 3 is 2.81 bits per heavy atom. The molecule has 8 heteroatoms. The summed E-state index contributed by atoms with van der Waals surface area (Å²) >= 11 is 0. The molecule has 2 unspecified atom stereocenters. The fourth-order valence-corrected chi connectivity index (χ4v) is 5.57. The van der Waals surface area contributed by atoms with E-state index >= 15 is 0 Å². The maximum absolute atomic E-state index is 13.0. The highest BCUT2D eigenvalue weighted by Crippen LogP contribution is 2.30. The van der Waals surface area contributed by atoms with Crippen LogP contribution in [0.5, 0.6) is 0 Å². The number of nitrogens with one attached hydrogen (secondary N) is 2. The van der Waals surface area contributed by atoms with Gasteiger partial charge in [0.15, 0.2) is 11.5 Å². The molecular weight excluding hydrogens is 450 g/mol. The summed E-state index contributed by atoms with van der Waals surface area (Å²) in [4.78, 5) is 34.6. The van der Waals surface area contributed by atoms with Crippen molar-refractivity contribution in [2.45, 2.75) is 45.2 Å². The van der Waals surface area contributed by atoms with E-state index < -0.39 is 0 Å². The molecule has 2 fully saturated rings. The van der Waals surface area contributed by atoms with Gasteiger partial charge >= 0.3 is 0 Å². The maximum atomic E-state index is 13.0. The van der Waals surface area contributed by atoms with Crippen molar-refractivity contribution in [1.82, 2.24) is 24.8 Å². The molecule has 5 heterocycles. The van der Waals surface area contributed by atoms with Gasteiger partial charge in [-0.25, -0.2) is 9.97 Å². The third-order valence-electron chi connectivity index (χ3n) is 7.57. The number of likely N-dealkylation sites (tertiary alicyclic amines) is 1. The van der Waals surface area contributed by atoms with E-state index in [-0.39, 0.29) is 5.91 Å². The molecule has 0 radical (unpaired) electrons. The lowest BCUT2D eigenvalue weighted by Crippen LogP contribution is -2.39. The fraction of sp³-hybridized carbons (Fsp3) is 0.357. The number of anilines is 2. The van der Waals surface area contributed by atoms with E-state index in [1.54, 1.807) is 18.5 Å². The van der Waals surface area contributed by atoms with Crippen LogP contribution < -0.4 is 10.2 Å². The van der Waals surface area contributed by atoms with Crippen molar-refractivity contribution in [3.63, 3.8) is 0 Å². The summed E-state index contributed by atoms with van der Waals surface area (Å²) in [5.74, 6) is 0.434. The Labute approximate surface area is 210 Å². The van der Waals surface area contributed by atoms with Crippen molar-refractivity contribution in [3.8, 4) is 11.5 Å². The molecule has 36 heavy (non-hydrogen) atoms. The van der Waals surface area contributed by atoms with E-state index in [9.17, 15) is 4.79 Å². The number of hydrogen-bond acceptors (Lipinski definition) is 6. The molecule has 8 nitrogen and oxygen atoms in total. The van der Waals surface area contributed by atoms with Gasteiger partial charge in [-0.1, -0.05) is 6.07 Å². The highest BCUT2D eigenvalue weighted by Gasteiger charge is 2.33. The van der Waals surface area contributed by atoms with E-state index in [0.717, 1.165) is 30.0 Å². The minimum atomic E-state index is -0.196. The fourth-order valence-electron chi connectivity index (χ4n) is 5.57. The Morgan fingerprint density at radius 1 is 1.11 bits per heavy atom. The number of nitrogens with zero attached hydrogens (tertiary/aromatic N) is 5. The summed E-state index contributed by atoms with van der Waals surface area (Å²) in [6.45, 7) is 7.79. The van der Waals surface area contributed by atoms with Crippen molar-refractivity contribution in [2.24, 2.45) is 0 Å². The Hall–Kier alpha value is -3.78. The molecule has 1 aromatic carbocycles. The SMILES string of the molecule is Cc1cc(N2CCC(N3CCCC3C)C2)ccc1NC(=O)c1cnc2nc(-c3ccccn3)[nH]c2c1. The van der Waals surface area contributed by atoms with Crippen molar-refractivity contribution in [2.75, 3.05) is 29.9 Å². The molecule has 0 spiro atoms. The van der Waals surface area contributed by atoms with Crippen molar-refractivity contribution < 1.29 is 4.79 Å². The Morgan fingerprint density at radius 2 is 2.03 bits per heavy atom. The van der Waals surface area contributed by atoms with E-state index in [4.69, 9.17) is 0 Å². The first kappa shape index (κ1) is 22.7. The van der Waals surface area contributed by atoms with Gasteiger partial charge in [-0.05, 0) is 81.6 Å². The standard InChI is InChI=1S/C28H31N7O/c1-18-14-21(34-13-10-22(17-34)35-12-5-6-19(35)2)8-9-23(18)32-28(36)20-15-25-26(30-16-20)33-27(31-25)24-7-3-4-11-29-24/h3-4,7-9,11,14-16,19,22H,5-6,10,12-13,17H2,1-2H3,(H,32,36)(H,30,31,33). The Balaban J connectivity index is 1.15. The molecule has 2 aliphatic heterocycles. The predicted octanol–water partition coefficient (Wildman–Crippen LogP) is 4.64. The van der Waals surface area contributed by atoms with Gasteiger partial charge in [0, 0.05) is 48.9 Å². The second-order valence-electron chi connectivity index (χ2n) is 9.97. The molecule has 2 saturated heterocycles. The van der Waals surface area contributed by atoms with Crippen LogP contribution in [0.3, 0.4) is 0 Å². The largest absolute Gasteiger partial charge is 0.370 e. The van der Waals surface area contributed by atoms with Crippen LogP contribution in [0.25, 0.3) is 22.7 Å². The number of rotatable bonds is 5. The normalized spacial score (nSPS) is 20.3. The Bertz CT molecular complexity index is 1400. The zero-order valence-corrected chi connectivity index (χ0v) is 20.7. The average molecular weight is 482 g/mol. The second-order valence-corrected chi connectivity index (χ2v) is 9.97. The number of hydrogen-bond donors (Lipinski definition) is 2. The minimum Gasteiger partial charge on any atom is -0.370 e. The van der Waals surface area contributed by atoms with E-state index in [0.29, 0.717) is 34.6 Å². The zero-order chi connectivity index (χ0) is 24.6. The first-order chi connectivity index (χ1) is 17.5. The molecule has 6 rings (SSSR count). The van der Waals surface area contributed by atoms with Gasteiger partial charge in [-0.3, -0.25) is 14.7 Å². The van der Waals surface area contributed by atoms with Gasteiger partial charge < -0.3 is 15.2 Å². The molecule has 0 aliphatic carbocycles. The van der Waals surface area contributed by atoms with Gasteiger partial charge in [0.05, 0.1) is 11.1 Å². The number of carbonyl (C=O) groups excluding carboxylic acids is 1. The summed E-state index contributed by atoms with van der Waals surface area (Å²) < 4.78 is 0. The van der Waals surface area contributed by atoms with Crippen LogP contribution in [0.4, 0.5) is 11.4 Å². The monoisotopic (exact) mass is 481 g/mol. The number of aromatic nitrogens is 4. The van der Waals surface area contributed by atoms with E-state index in [1.807, 2.05) is 31.2 Å². The highest BCUT2D eigenvalue weighted by atomic mass is 16.1. The number of carbonyl (C=O) groups is 1. The van der Waals surface area contributed by atoms with Crippen LogP contribution in [0, 0.1) is 6.92 Å². The molecule has 0 bridgehead atoms. The molecule has 2 N–H and O–H groups in total. The average Bonchev–Trinajstić information content (AvgIpc) is 3.64. The minimum absolute atomic E-state index is 0.196. The summed E-state index contributed by atoms with van der Waals surface area (Å²) in [6, 6.07) is 15.1. The van der Waals surface area contributed by atoms with Gasteiger partial charge in [0.1, 0.15) is 5.69 Å². The number of aryl methyl sites for hydroxylation is 1. The number of pyridine rings is 2. The highest BCUT2D eigenvalue weighted by molar-refractivity contribution is 6.05. The molecule has 184 valence electrons. The van der Waals surface area contributed by atoms with Crippen molar-refractivity contribution in [3.05, 3.63) is 66.0 Å². The summed E-state index contributed by atoms with van der Waals surface area (Å²) in [6.07, 6.45) is 7.14. The van der Waals surface area contributed by atoms with Gasteiger partial charge in [0.2, 0.25) is 0 Å². The van der Waals surface area contributed by atoms with Crippen LogP contribution in [0.1, 0.15) is 42.1 Å². The van der Waals surface area contributed by atoms with Crippen LogP contribution in [-0.2, 0) is 0 Å². The number of benzene rings is 1. The first-order valence-electron chi connectivity index (χ1n) is 12.7. The number of amides is 1. The van der Waals surface area contributed by atoms with Gasteiger partial charge in [-0.2, -0.15) is 0 Å². The topological polar surface area (TPSA) is 90.0 Å². The van der Waals surface area contributed by atoms with Crippen molar-refractivity contribution in [1.29, 1.82) is 0 Å². The second kappa shape index (κ2) is 9.35. The summed E-state index contributed by atoms with van der Waals surface area (Å²) in [5.41, 5.74) is 5.55. The third-order valence-corrected chi connectivity index (χ3v) is 7.57. The number of fused-ring (bicyclic) bond motifs is 1. The lowest BCUT2D eigenvalue weighted by molar-refractivity contribution is 0.102. The molecule has 0 saturated carbocycles. The lowest BCUT2D eigenvalue weighted by Gasteiger charge is -2.28. The molecule has 2 aliphatic rings. The molecule has 2 atom stereocenters. The van der Waals surface area contributed by atoms with Crippen LogP contribution in [-0.4, -0.2) is 62.5 Å². The van der Waals surface area contributed by atoms with Crippen LogP contribution in [0.2, 0.25) is 0 Å². The number of imidazole rings is 1. The van der Waals surface area contributed by atoms with Crippen LogP contribution >= 0.6 is 0 Å². The van der Waals surface area contributed by atoms with E-state index in [2.05, 4.69) is 54.1 Å². The Kier molecular flexibility index (Phi) is 5.89. The smallest absolute Gasteiger partial charge is 0.257 e. The van der Waals surface area contributed by atoms with Crippen molar-refractivity contribution >= 4 is 28.4 Å². The lowest BCUT2D eigenvalue weighted by atomic mass is 10.1. The summed E-state index contributed by atoms with van der Waals surface area (Å²) in [5, 5.41) is 3.05. The first-order valence-corrected chi connectivity index (χ1v) is 12.7. The number of aromatic amines is 1. The predicted molar refractivity (Wildman–Crippen MR) is 142 cm³/mol. The third kappa shape index (κ3) is 4.33. The molecular formula is C28H31N7O. The summed E-state index contributed by atoms with van der Waals surface area (Å²) in [7, 11) is 0. The van der Waals surface area contributed by atoms with Crippen LogP contribution in [0.15, 0.2) is 54.9 Å². The van der Waals surface area contributed by atoms with E-state index in [1.165, 1.54) is 31.5 Å². The number of H-pyrrole nitrogens is 1. The van der Waals surface area contributed by atoms with Gasteiger partial charge in [0.25, 0.3) is 5.91 Å². The zero-order valence-electron chi connectivity index (χ0n) is 20.7. The molecule has 3 aromatic heterocycles.